The molecule has 1 saturated heterocycles. The molecule has 8 heteroatoms. The molecule has 1 amide bonds. The number of amides is 1. The summed E-state index contributed by atoms with van der Waals surface area (Å²) in [7, 11) is 0. The van der Waals surface area contributed by atoms with Crippen molar-refractivity contribution in [2.45, 2.75) is 87.4 Å². The van der Waals surface area contributed by atoms with E-state index in [-0.39, 0.29) is 30.0 Å². The van der Waals surface area contributed by atoms with Crippen LogP contribution in [0.2, 0.25) is 0 Å². The van der Waals surface area contributed by atoms with E-state index in [4.69, 9.17) is 4.98 Å². The third kappa shape index (κ3) is 6.80. The van der Waals surface area contributed by atoms with Gasteiger partial charge in [-0.25, -0.2) is 4.98 Å². The topological polar surface area (TPSA) is 99.5 Å². The number of carbonyl (C=O) groups is 2. The van der Waals surface area contributed by atoms with Gasteiger partial charge in [0, 0.05) is 21.8 Å². The summed E-state index contributed by atoms with van der Waals surface area (Å²) in [5.41, 5.74) is 1.91. The van der Waals surface area contributed by atoms with Crippen LogP contribution in [0, 0.1) is 0 Å². The fourth-order valence-electron chi connectivity index (χ4n) is 4.42. The highest BCUT2D eigenvalue weighted by Gasteiger charge is 2.48. The SMILES string of the molecule is C=C1C=CC(CCC)=Cc2csc(n2)[C@@H](C)NC(=O)C[C@]2(CC(=O)O)CC[C@](C)(O)[C@@H](C1)S2. The van der Waals surface area contributed by atoms with E-state index in [9.17, 15) is 19.8 Å². The van der Waals surface area contributed by atoms with Crippen molar-refractivity contribution in [3.63, 3.8) is 0 Å². The van der Waals surface area contributed by atoms with Crippen LogP contribution in [-0.4, -0.2) is 42.7 Å². The number of carbonyl (C=O) groups excluding carboxylic acids is 1. The lowest BCUT2D eigenvalue weighted by atomic mass is 9.84. The molecule has 6 nitrogen and oxygen atoms in total. The summed E-state index contributed by atoms with van der Waals surface area (Å²) in [4.78, 5) is 29.4. The Kier molecular flexibility index (Phi) is 8.24. The maximum atomic E-state index is 13.0. The van der Waals surface area contributed by atoms with Gasteiger partial charge in [0.05, 0.1) is 23.8 Å². The Morgan fingerprint density at radius 2 is 2.12 bits per heavy atom. The summed E-state index contributed by atoms with van der Waals surface area (Å²) in [6, 6.07) is -0.267. The molecule has 1 aromatic heterocycles. The van der Waals surface area contributed by atoms with Gasteiger partial charge in [0.25, 0.3) is 0 Å². The van der Waals surface area contributed by atoms with Gasteiger partial charge < -0.3 is 15.5 Å². The second kappa shape index (κ2) is 10.6. The van der Waals surface area contributed by atoms with E-state index in [0.717, 1.165) is 34.7 Å². The predicted molar refractivity (Wildman–Crippen MR) is 135 cm³/mol. The molecule has 3 rings (SSSR count). The molecule has 0 aliphatic carbocycles. The smallest absolute Gasteiger partial charge is 0.304 e. The van der Waals surface area contributed by atoms with Crippen molar-refractivity contribution in [3.8, 4) is 0 Å². The number of hydrogen-bond donors (Lipinski definition) is 3. The van der Waals surface area contributed by atoms with Gasteiger partial charge in [0.2, 0.25) is 5.91 Å². The molecule has 0 unspecified atom stereocenters. The zero-order valence-corrected chi connectivity index (χ0v) is 21.2. The average Bonchev–Trinajstić information content (AvgIpc) is 3.17. The summed E-state index contributed by atoms with van der Waals surface area (Å²) in [5, 5.41) is 26.3. The Bertz CT molecular complexity index is 965. The lowest BCUT2D eigenvalue weighted by molar-refractivity contribution is -0.138. The first kappa shape index (κ1) is 25.7. The summed E-state index contributed by atoms with van der Waals surface area (Å²) in [5.74, 6) is -1.13. The first-order valence-corrected chi connectivity index (χ1v) is 13.2. The zero-order valence-electron chi connectivity index (χ0n) is 19.6. The second-order valence-electron chi connectivity index (χ2n) is 9.46. The monoisotopic (exact) mass is 490 g/mol. The van der Waals surface area contributed by atoms with Crippen LogP contribution in [0.1, 0.15) is 82.5 Å². The molecule has 3 N–H and O–H groups in total. The molecule has 2 aliphatic heterocycles. The first-order valence-electron chi connectivity index (χ1n) is 11.4. The fourth-order valence-corrected chi connectivity index (χ4v) is 7.11. The van der Waals surface area contributed by atoms with Crippen molar-refractivity contribution < 1.29 is 19.8 Å². The highest BCUT2D eigenvalue weighted by atomic mass is 32.2. The average molecular weight is 491 g/mol. The number of aliphatic hydroxyl groups is 1. The van der Waals surface area contributed by atoms with Gasteiger partial charge in [-0.1, -0.05) is 37.6 Å². The number of nitrogens with one attached hydrogen (secondary N) is 1. The van der Waals surface area contributed by atoms with Crippen LogP contribution in [0.15, 0.2) is 35.3 Å². The summed E-state index contributed by atoms with van der Waals surface area (Å²) < 4.78 is -0.773. The minimum Gasteiger partial charge on any atom is -0.481 e. The Morgan fingerprint density at radius 3 is 2.82 bits per heavy atom. The number of rotatable bonds is 4. The standard InChI is InChI=1S/C25H34N2O4S2/c1-5-6-18-8-7-16(2)11-20-24(4,31)9-10-25(33-20,14-22(29)30)13-21(28)26-17(3)23-27-19(12-18)15-32-23/h7-8,12,15,17,20,31H,2,5-6,9-11,13-14H2,1,3-4H3,(H,26,28)(H,29,30)/t17-,20-,24+,25+/m1/s1. The molecule has 1 aromatic rings. The number of nitrogens with zero attached hydrogens (tertiary/aromatic N) is 1. The molecule has 4 atom stereocenters. The van der Waals surface area contributed by atoms with E-state index in [1.54, 1.807) is 6.92 Å². The summed E-state index contributed by atoms with van der Waals surface area (Å²) in [6.07, 6.45) is 9.40. The maximum Gasteiger partial charge on any atom is 0.304 e. The number of hydrogen-bond acceptors (Lipinski definition) is 6. The summed E-state index contributed by atoms with van der Waals surface area (Å²) >= 11 is 2.94. The van der Waals surface area contributed by atoms with Crippen LogP contribution in [0.3, 0.4) is 0 Å². The number of carboxylic acids is 1. The molecular formula is C25H34N2O4S2. The normalized spacial score (nSPS) is 31.1. The molecule has 4 bridgehead atoms. The first-order chi connectivity index (χ1) is 15.5. The molecule has 3 heterocycles. The van der Waals surface area contributed by atoms with E-state index in [0.29, 0.717) is 19.3 Å². The van der Waals surface area contributed by atoms with Crippen LogP contribution in [0.4, 0.5) is 0 Å². The number of thioether (sulfide) groups is 1. The molecule has 0 spiro atoms. The maximum absolute atomic E-state index is 13.0. The van der Waals surface area contributed by atoms with Gasteiger partial charge in [-0.05, 0) is 51.2 Å². The molecule has 180 valence electrons. The highest BCUT2D eigenvalue weighted by Crippen LogP contribution is 2.51. The lowest BCUT2D eigenvalue weighted by Gasteiger charge is -2.47. The number of aromatic nitrogens is 1. The van der Waals surface area contributed by atoms with Crippen molar-refractivity contribution in [1.29, 1.82) is 0 Å². The van der Waals surface area contributed by atoms with E-state index < -0.39 is 16.3 Å². The predicted octanol–water partition coefficient (Wildman–Crippen LogP) is 5.27. The van der Waals surface area contributed by atoms with Crippen LogP contribution < -0.4 is 5.32 Å². The highest BCUT2D eigenvalue weighted by molar-refractivity contribution is 8.01. The molecule has 0 aromatic carbocycles. The third-order valence-corrected chi connectivity index (χ3v) is 9.27. The largest absolute Gasteiger partial charge is 0.481 e. The Hall–Kier alpha value is -1.90. The number of allylic oxidation sites excluding steroid dienone is 4. The van der Waals surface area contributed by atoms with Crippen LogP contribution in [0.5, 0.6) is 0 Å². The minimum atomic E-state index is -0.962. The Labute approximate surface area is 204 Å². The van der Waals surface area contributed by atoms with Crippen LogP contribution in [0.25, 0.3) is 6.08 Å². The Morgan fingerprint density at radius 1 is 1.36 bits per heavy atom. The quantitative estimate of drug-likeness (QED) is 0.532. The third-order valence-electron chi connectivity index (χ3n) is 6.27. The van der Waals surface area contributed by atoms with Gasteiger partial charge in [0.1, 0.15) is 5.01 Å². The molecule has 0 saturated carbocycles. The molecule has 0 radical (unpaired) electrons. The van der Waals surface area contributed by atoms with Gasteiger partial charge in [-0.15, -0.1) is 23.1 Å². The van der Waals surface area contributed by atoms with Crippen LogP contribution in [-0.2, 0) is 9.59 Å². The van der Waals surface area contributed by atoms with Crippen molar-refractivity contribution in [2.75, 3.05) is 0 Å². The number of thiazole rings is 1. The van der Waals surface area contributed by atoms with E-state index in [2.05, 4.69) is 31.0 Å². The van der Waals surface area contributed by atoms with E-state index >= 15 is 0 Å². The van der Waals surface area contributed by atoms with Crippen molar-refractivity contribution in [3.05, 3.63) is 46.0 Å². The zero-order chi connectivity index (χ0) is 24.2. The van der Waals surface area contributed by atoms with Gasteiger partial charge in [-0.3, -0.25) is 9.59 Å². The van der Waals surface area contributed by atoms with E-state index in [1.165, 1.54) is 23.1 Å². The molecule has 2 aliphatic rings. The van der Waals surface area contributed by atoms with Crippen molar-refractivity contribution >= 4 is 41.1 Å². The van der Waals surface area contributed by atoms with E-state index in [1.807, 2.05) is 18.4 Å². The van der Waals surface area contributed by atoms with Crippen LogP contribution >= 0.6 is 23.1 Å². The number of aliphatic carboxylic acids is 1. The molecular weight excluding hydrogens is 456 g/mol. The number of fused-ring (bicyclic) bond motifs is 4. The Balaban J connectivity index is 2.00. The second-order valence-corrected chi connectivity index (χ2v) is 12.0. The fraction of sp³-hybridized carbons (Fsp3) is 0.560. The minimum absolute atomic E-state index is 0.0853. The van der Waals surface area contributed by atoms with Gasteiger partial charge >= 0.3 is 5.97 Å². The lowest BCUT2D eigenvalue weighted by Crippen LogP contribution is -2.49. The number of carboxylic acid groups (broad SMARTS) is 1. The molecule has 33 heavy (non-hydrogen) atoms. The molecule has 1 fully saturated rings. The van der Waals surface area contributed by atoms with Crippen molar-refractivity contribution in [1.82, 2.24) is 10.3 Å². The van der Waals surface area contributed by atoms with Crippen molar-refractivity contribution in [2.24, 2.45) is 0 Å². The van der Waals surface area contributed by atoms with Gasteiger partial charge in [-0.2, -0.15) is 0 Å². The summed E-state index contributed by atoms with van der Waals surface area (Å²) in [6.45, 7) is 10.0. The van der Waals surface area contributed by atoms with Gasteiger partial charge in [0.15, 0.2) is 0 Å².